The van der Waals surface area contributed by atoms with Crippen molar-refractivity contribution in [1.82, 2.24) is 19.9 Å². The minimum Gasteiger partial charge on any atom is -0.378 e. The first-order valence-corrected chi connectivity index (χ1v) is 12.2. The van der Waals surface area contributed by atoms with Crippen LogP contribution in [0, 0.1) is 0 Å². The van der Waals surface area contributed by atoms with Crippen LogP contribution in [0.2, 0.25) is 0 Å². The van der Waals surface area contributed by atoms with E-state index in [2.05, 4.69) is 48.0 Å². The summed E-state index contributed by atoms with van der Waals surface area (Å²) in [6, 6.07) is 0. The fourth-order valence-electron chi connectivity index (χ4n) is 4.55. The van der Waals surface area contributed by atoms with Crippen LogP contribution in [0.25, 0.3) is 20.4 Å². The second-order valence-corrected chi connectivity index (χ2v) is 10.5. The zero-order valence-corrected chi connectivity index (χ0v) is 20.2. The van der Waals surface area contributed by atoms with Crippen LogP contribution in [0.4, 0.5) is 11.6 Å². The molecule has 0 aliphatic carbocycles. The summed E-state index contributed by atoms with van der Waals surface area (Å²) >= 11 is 1.70. The lowest BCUT2D eigenvalue weighted by molar-refractivity contribution is -0.0396. The van der Waals surface area contributed by atoms with Gasteiger partial charge in [-0.15, -0.1) is 11.3 Å². The van der Waals surface area contributed by atoms with Crippen LogP contribution in [0.5, 0.6) is 0 Å². The minimum atomic E-state index is -0.210. The van der Waals surface area contributed by atoms with E-state index in [4.69, 9.17) is 19.4 Å². The first-order valence-electron chi connectivity index (χ1n) is 11.4. The zero-order chi connectivity index (χ0) is 22.3. The Morgan fingerprint density at radius 2 is 2.00 bits per heavy atom. The molecular formula is C23H32N6O2S. The molecule has 0 aromatic carbocycles. The Bertz CT molecular complexity index is 1120. The van der Waals surface area contributed by atoms with Gasteiger partial charge in [-0.2, -0.15) is 0 Å². The van der Waals surface area contributed by atoms with E-state index < -0.39 is 0 Å². The minimum absolute atomic E-state index is 0.210. The summed E-state index contributed by atoms with van der Waals surface area (Å²) in [5, 5.41) is 4.70. The highest BCUT2D eigenvalue weighted by Crippen LogP contribution is 2.44. The van der Waals surface area contributed by atoms with Gasteiger partial charge in [0.15, 0.2) is 0 Å². The number of fused-ring (bicyclic) bond motifs is 5. The highest BCUT2D eigenvalue weighted by Gasteiger charge is 2.33. The van der Waals surface area contributed by atoms with Gasteiger partial charge >= 0.3 is 0 Å². The molecule has 2 aliphatic rings. The van der Waals surface area contributed by atoms with Crippen LogP contribution in [-0.4, -0.2) is 78.9 Å². The molecule has 9 heteroatoms. The number of nitrogens with zero attached hydrogens (tertiary/aromatic N) is 5. The maximum atomic E-state index is 6.23. The van der Waals surface area contributed by atoms with Crippen molar-refractivity contribution in [2.45, 2.75) is 38.9 Å². The average molecular weight is 457 g/mol. The number of hydrogen-bond acceptors (Lipinski definition) is 9. The van der Waals surface area contributed by atoms with Crippen molar-refractivity contribution in [2.75, 3.05) is 63.7 Å². The van der Waals surface area contributed by atoms with Crippen LogP contribution < -0.4 is 10.2 Å². The number of anilines is 2. The van der Waals surface area contributed by atoms with E-state index in [1.54, 1.807) is 17.7 Å². The molecule has 0 radical (unpaired) electrons. The summed E-state index contributed by atoms with van der Waals surface area (Å²) in [5.41, 5.74) is 3.33. The lowest BCUT2D eigenvalue weighted by Crippen LogP contribution is -2.39. The van der Waals surface area contributed by atoms with E-state index in [9.17, 15) is 0 Å². The van der Waals surface area contributed by atoms with E-state index in [0.29, 0.717) is 6.61 Å². The first kappa shape index (κ1) is 21.8. The third-order valence-electron chi connectivity index (χ3n) is 6.19. The molecule has 3 aromatic heterocycles. The van der Waals surface area contributed by atoms with Gasteiger partial charge in [0.1, 0.15) is 22.8 Å². The van der Waals surface area contributed by atoms with Crippen LogP contribution in [0.1, 0.15) is 31.4 Å². The molecule has 1 N–H and O–H groups in total. The Morgan fingerprint density at radius 1 is 1.19 bits per heavy atom. The standard InChI is InChI=1S/C23H32N6O2S/c1-23(2)12-15-16(13-31-23)21(29-8-10-30-11-9-29)27-22-17(15)18-19(32-22)20(26-14-25-18)24-6-5-7-28(3)4/h14H,5-13H2,1-4H3,(H,24,25,26). The smallest absolute Gasteiger partial charge is 0.147 e. The molecule has 32 heavy (non-hydrogen) atoms. The molecule has 0 amide bonds. The molecule has 0 bridgehead atoms. The average Bonchev–Trinajstić information content (AvgIpc) is 3.15. The monoisotopic (exact) mass is 456 g/mol. The second-order valence-electron chi connectivity index (χ2n) is 9.48. The van der Waals surface area contributed by atoms with Gasteiger partial charge in [0.2, 0.25) is 0 Å². The number of ether oxygens (including phenoxy) is 2. The van der Waals surface area contributed by atoms with Gasteiger partial charge in [0.25, 0.3) is 0 Å². The van der Waals surface area contributed by atoms with Gasteiger partial charge in [0, 0.05) is 37.0 Å². The summed E-state index contributed by atoms with van der Waals surface area (Å²) in [7, 11) is 4.20. The molecule has 5 heterocycles. The van der Waals surface area contributed by atoms with Crippen molar-refractivity contribution in [1.29, 1.82) is 0 Å². The Hall–Kier alpha value is -2.07. The van der Waals surface area contributed by atoms with E-state index >= 15 is 0 Å². The molecule has 0 atom stereocenters. The molecule has 0 spiro atoms. The Labute approximate surface area is 192 Å². The number of rotatable bonds is 6. The quantitative estimate of drug-likeness (QED) is 0.567. The topological polar surface area (TPSA) is 75.6 Å². The van der Waals surface area contributed by atoms with Crippen molar-refractivity contribution in [2.24, 2.45) is 0 Å². The van der Waals surface area contributed by atoms with E-state index in [1.165, 1.54) is 16.5 Å². The number of morpholine rings is 1. The van der Waals surface area contributed by atoms with Crippen LogP contribution >= 0.6 is 11.3 Å². The number of thiophene rings is 1. The molecule has 8 nitrogen and oxygen atoms in total. The highest BCUT2D eigenvalue weighted by molar-refractivity contribution is 7.26. The van der Waals surface area contributed by atoms with Gasteiger partial charge in [-0.05, 0) is 46.5 Å². The zero-order valence-electron chi connectivity index (χ0n) is 19.4. The van der Waals surface area contributed by atoms with Gasteiger partial charge in [-0.1, -0.05) is 0 Å². The molecule has 1 fully saturated rings. The van der Waals surface area contributed by atoms with Gasteiger partial charge in [0.05, 0.1) is 35.6 Å². The number of hydrogen-bond donors (Lipinski definition) is 1. The summed E-state index contributed by atoms with van der Waals surface area (Å²) in [6.07, 6.45) is 3.58. The van der Waals surface area contributed by atoms with Crippen molar-refractivity contribution in [3.05, 3.63) is 17.5 Å². The predicted octanol–water partition coefficient (Wildman–Crippen LogP) is 3.29. The summed E-state index contributed by atoms with van der Waals surface area (Å²) in [6.45, 7) is 10.0. The molecule has 5 rings (SSSR count). The first-order chi connectivity index (χ1) is 15.4. The fourth-order valence-corrected chi connectivity index (χ4v) is 5.67. The van der Waals surface area contributed by atoms with Crippen molar-refractivity contribution in [3.8, 4) is 0 Å². The van der Waals surface area contributed by atoms with Gasteiger partial charge in [-0.3, -0.25) is 0 Å². The maximum absolute atomic E-state index is 6.23. The van der Waals surface area contributed by atoms with Crippen molar-refractivity contribution >= 4 is 43.4 Å². The fraction of sp³-hybridized carbons (Fsp3) is 0.609. The van der Waals surface area contributed by atoms with Gasteiger partial charge in [-0.25, -0.2) is 15.0 Å². The van der Waals surface area contributed by atoms with Crippen molar-refractivity contribution in [3.63, 3.8) is 0 Å². The second kappa shape index (κ2) is 8.70. The molecular weight excluding hydrogens is 424 g/mol. The molecule has 0 saturated carbocycles. The Kier molecular flexibility index (Phi) is 5.92. The maximum Gasteiger partial charge on any atom is 0.147 e. The van der Waals surface area contributed by atoms with E-state index in [1.807, 2.05) is 0 Å². The van der Waals surface area contributed by atoms with E-state index in [-0.39, 0.29) is 5.60 Å². The normalized spacial score (nSPS) is 18.5. The van der Waals surface area contributed by atoms with Crippen LogP contribution in [0.15, 0.2) is 6.33 Å². The Morgan fingerprint density at radius 3 is 2.78 bits per heavy atom. The largest absolute Gasteiger partial charge is 0.378 e. The molecule has 172 valence electrons. The highest BCUT2D eigenvalue weighted by atomic mass is 32.1. The summed E-state index contributed by atoms with van der Waals surface area (Å²) in [4.78, 5) is 20.0. The van der Waals surface area contributed by atoms with Crippen LogP contribution in [0.3, 0.4) is 0 Å². The number of nitrogens with one attached hydrogen (secondary N) is 1. The lowest BCUT2D eigenvalue weighted by Gasteiger charge is -2.36. The van der Waals surface area contributed by atoms with Gasteiger partial charge < -0.3 is 24.6 Å². The SMILES string of the molecule is CN(C)CCCNc1ncnc2c1sc1nc(N3CCOCC3)c3c(c12)CC(C)(C)OC3. The predicted molar refractivity (Wildman–Crippen MR) is 130 cm³/mol. The number of aromatic nitrogens is 3. The molecule has 2 aliphatic heterocycles. The van der Waals surface area contributed by atoms with Crippen LogP contribution in [-0.2, 0) is 22.5 Å². The van der Waals surface area contributed by atoms with Crippen molar-refractivity contribution < 1.29 is 9.47 Å². The van der Waals surface area contributed by atoms with E-state index in [0.717, 1.165) is 78.9 Å². The Balaban J connectivity index is 1.61. The summed E-state index contributed by atoms with van der Waals surface area (Å²) < 4.78 is 12.9. The number of pyridine rings is 1. The molecule has 1 saturated heterocycles. The molecule has 3 aromatic rings. The third kappa shape index (κ3) is 4.14. The third-order valence-corrected chi connectivity index (χ3v) is 7.27. The lowest BCUT2D eigenvalue weighted by atomic mass is 9.90. The summed E-state index contributed by atoms with van der Waals surface area (Å²) in [5.74, 6) is 1.95. The molecule has 0 unspecified atom stereocenters.